The van der Waals surface area contributed by atoms with Crippen LogP contribution in [0.3, 0.4) is 0 Å². The minimum absolute atomic E-state index is 0.122. The van der Waals surface area contributed by atoms with Crippen molar-refractivity contribution in [2.75, 3.05) is 39.3 Å². The third kappa shape index (κ3) is 8.63. The molecule has 3 rings (SSSR count). The van der Waals surface area contributed by atoms with Crippen LogP contribution >= 0.6 is 0 Å². The van der Waals surface area contributed by atoms with Crippen molar-refractivity contribution < 1.29 is 9.59 Å². The summed E-state index contributed by atoms with van der Waals surface area (Å²) in [4.78, 5) is 32.0. The summed E-state index contributed by atoms with van der Waals surface area (Å²) < 4.78 is 0. The third-order valence-electron chi connectivity index (χ3n) is 6.23. The van der Waals surface area contributed by atoms with Crippen molar-refractivity contribution >= 4 is 11.8 Å². The summed E-state index contributed by atoms with van der Waals surface area (Å²) in [6.07, 6.45) is 3.65. The van der Waals surface area contributed by atoms with Crippen LogP contribution in [0.4, 0.5) is 0 Å². The predicted molar refractivity (Wildman–Crippen MR) is 132 cm³/mol. The van der Waals surface area contributed by atoms with Gasteiger partial charge in [0.15, 0.2) is 0 Å². The Kier molecular flexibility index (Phi) is 10.4. The normalized spacial score (nSPS) is 14.3. The standard InChI is InChI=1S/C27H38N4O2/c28-16-9-3-8-14-26(32)31(23-25-12-6-2-7-13-25)17-15-27(33)30-20-18-29(19-21-30)22-24-10-4-1-5-11-24/h1-2,4-7,10-13H,3,8-9,14-23,28H2. The SMILES string of the molecule is NCCCCCC(=O)N(CCC(=O)N1CCN(Cc2ccccc2)CC1)Cc1ccccc1. The Morgan fingerprint density at radius 3 is 2.06 bits per heavy atom. The number of hydrogen-bond acceptors (Lipinski definition) is 4. The lowest BCUT2D eigenvalue weighted by Crippen LogP contribution is -2.49. The Morgan fingerprint density at radius 2 is 1.42 bits per heavy atom. The Labute approximate surface area is 198 Å². The van der Waals surface area contributed by atoms with Crippen LogP contribution in [0.25, 0.3) is 0 Å². The highest BCUT2D eigenvalue weighted by Gasteiger charge is 2.22. The molecule has 1 aliphatic heterocycles. The second kappa shape index (κ2) is 13.8. The van der Waals surface area contributed by atoms with Gasteiger partial charge in [-0.05, 0) is 30.5 Å². The highest BCUT2D eigenvalue weighted by atomic mass is 16.2. The summed E-state index contributed by atoms with van der Waals surface area (Å²) in [7, 11) is 0. The highest BCUT2D eigenvalue weighted by molar-refractivity contribution is 5.79. The van der Waals surface area contributed by atoms with E-state index in [0.29, 0.717) is 32.5 Å². The van der Waals surface area contributed by atoms with E-state index in [0.717, 1.165) is 57.5 Å². The van der Waals surface area contributed by atoms with Crippen LogP contribution in [0.15, 0.2) is 60.7 Å². The number of unbranched alkanes of at least 4 members (excludes halogenated alkanes) is 2. The molecule has 1 fully saturated rings. The number of nitrogens with zero attached hydrogens (tertiary/aromatic N) is 3. The van der Waals surface area contributed by atoms with E-state index in [1.165, 1.54) is 5.56 Å². The van der Waals surface area contributed by atoms with Crippen molar-refractivity contribution in [1.29, 1.82) is 0 Å². The summed E-state index contributed by atoms with van der Waals surface area (Å²) in [5, 5.41) is 0. The van der Waals surface area contributed by atoms with Gasteiger partial charge in [0.2, 0.25) is 11.8 Å². The fraction of sp³-hybridized carbons (Fsp3) is 0.481. The molecule has 1 saturated heterocycles. The highest BCUT2D eigenvalue weighted by Crippen LogP contribution is 2.12. The molecule has 33 heavy (non-hydrogen) atoms. The van der Waals surface area contributed by atoms with Crippen molar-refractivity contribution in [3.8, 4) is 0 Å². The van der Waals surface area contributed by atoms with E-state index in [4.69, 9.17) is 5.73 Å². The summed E-state index contributed by atoms with van der Waals surface area (Å²) in [6.45, 7) is 5.86. The van der Waals surface area contributed by atoms with Crippen LogP contribution in [0.1, 0.15) is 43.2 Å². The van der Waals surface area contributed by atoms with Gasteiger partial charge in [-0.1, -0.05) is 67.1 Å². The molecule has 6 nitrogen and oxygen atoms in total. The number of piperazine rings is 1. The van der Waals surface area contributed by atoms with Crippen molar-refractivity contribution in [2.24, 2.45) is 5.73 Å². The van der Waals surface area contributed by atoms with Crippen molar-refractivity contribution in [3.05, 3.63) is 71.8 Å². The minimum Gasteiger partial charge on any atom is -0.340 e. The molecular formula is C27H38N4O2. The number of nitrogens with two attached hydrogens (primary N) is 1. The molecule has 0 spiro atoms. The zero-order valence-electron chi connectivity index (χ0n) is 19.7. The maximum atomic E-state index is 12.9. The van der Waals surface area contributed by atoms with Crippen molar-refractivity contribution in [2.45, 2.75) is 45.2 Å². The van der Waals surface area contributed by atoms with E-state index in [1.54, 1.807) is 0 Å². The first kappa shape index (κ1) is 24.9. The van der Waals surface area contributed by atoms with E-state index < -0.39 is 0 Å². The smallest absolute Gasteiger partial charge is 0.224 e. The van der Waals surface area contributed by atoms with E-state index in [2.05, 4.69) is 29.2 Å². The lowest BCUT2D eigenvalue weighted by molar-refractivity contribution is -0.136. The van der Waals surface area contributed by atoms with E-state index in [9.17, 15) is 9.59 Å². The largest absolute Gasteiger partial charge is 0.340 e. The maximum Gasteiger partial charge on any atom is 0.224 e. The van der Waals surface area contributed by atoms with Gasteiger partial charge in [-0.2, -0.15) is 0 Å². The Hall–Kier alpha value is -2.70. The molecule has 0 unspecified atom stereocenters. The van der Waals surface area contributed by atoms with Crippen LogP contribution in [-0.2, 0) is 22.7 Å². The first-order chi connectivity index (χ1) is 16.2. The second-order valence-corrected chi connectivity index (χ2v) is 8.79. The van der Waals surface area contributed by atoms with Crippen molar-refractivity contribution in [3.63, 3.8) is 0 Å². The van der Waals surface area contributed by atoms with Gasteiger partial charge < -0.3 is 15.5 Å². The van der Waals surface area contributed by atoms with Crippen molar-refractivity contribution in [1.82, 2.24) is 14.7 Å². The molecule has 2 N–H and O–H groups in total. The van der Waals surface area contributed by atoms with Crippen LogP contribution in [0.5, 0.6) is 0 Å². The van der Waals surface area contributed by atoms with Crippen LogP contribution in [0.2, 0.25) is 0 Å². The molecule has 178 valence electrons. The number of benzene rings is 2. The fourth-order valence-corrected chi connectivity index (χ4v) is 4.24. The van der Waals surface area contributed by atoms with Gasteiger partial charge in [-0.3, -0.25) is 14.5 Å². The van der Waals surface area contributed by atoms with Gasteiger partial charge in [0.25, 0.3) is 0 Å². The minimum atomic E-state index is 0.122. The molecule has 0 aliphatic carbocycles. The van der Waals surface area contributed by atoms with Gasteiger partial charge >= 0.3 is 0 Å². The lowest BCUT2D eigenvalue weighted by atomic mass is 10.1. The number of amides is 2. The molecular weight excluding hydrogens is 412 g/mol. The summed E-state index contributed by atoms with van der Waals surface area (Å²) in [5.41, 5.74) is 7.96. The van der Waals surface area contributed by atoms with Crippen LogP contribution < -0.4 is 5.73 Å². The molecule has 0 bridgehead atoms. The molecule has 0 aromatic heterocycles. The number of carbonyl (C=O) groups is 2. The quantitative estimate of drug-likeness (QED) is 0.504. The number of carbonyl (C=O) groups excluding carboxylic acids is 2. The molecule has 1 aliphatic rings. The van der Waals surface area contributed by atoms with Gasteiger partial charge in [-0.15, -0.1) is 0 Å². The molecule has 6 heteroatoms. The molecule has 0 radical (unpaired) electrons. The Morgan fingerprint density at radius 1 is 0.788 bits per heavy atom. The average molecular weight is 451 g/mol. The Bertz CT molecular complexity index is 836. The van der Waals surface area contributed by atoms with Gasteiger partial charge in [-0.25, -0.2) is 0 Å². The maximum absolute atomic E-state index is 12.9. The van der Waals surface area contributed by atoms with Gasteiger partial charge in [0.05, 0.1) is 0 Å². The monoisotopic (exact) mass is 450 g/mol. The lowest BCUT2D eigenvalue weighted by Gasteiger charge is -2.35. The molecule has 0 saturated carbocycles. The third-order valence-corrected chi connectivity index (χ3v) is 6.23. The summed E-state index contributed by atoms with van der Waals surface area (Å²) >= 11 is 0. The first-order valence-electron chi connectivity index (χ1n) is 12.2. The van der Waals surface area contributed by atoms with E-state index >= 15 is 0 Å². The number of hydrogen-bond donors (Lipinski definition) is 1. The van der Waals surface area contributed by atoms with Gasteiger partial charge in [0, 0.05) is 58.7 Å². The summed E-state index contributed by atoms with van der Waals surface area (Å²) in [6, 6.07) is 20.5. The Balaban J connectivity index is 1.47. The van der Waals surface area contributed by atoms with Gasteiger partial charge in [0.1, 0.15) is 0 Å². The second-order valence-electron chi connectivity index (χ2n) is 8.79. The molecule has 1 heterocycles. The van der Waals surface area contributed by atoms with E-state index in [1.807, 2.05) is 46.2 Å². The van der Waals surface area contributed by atoms with E-state index in [-0.39, 0.29) is 11.8 Å². The topological polar surface area (TPSA) is 69.9 Å². The summed E-state index contributed by atoms with van der Waals surface area (Å²) in [5.74, 6) is 0.264. The first-order valence-corrected chi connectivity index (χ1v) is 12.2. The molecule has 2 aromatic carbocycles. The van der Waals surface area contributed by atoms with Crippen LogP contribution in [-0.4, -0.2) is 65.8 Å². The zero-order chi connectivity index (χ0) is 23.3. The molecule has 2 aromatic rings. The number of rotatable bonds is 12. The molecule has 2 amide bonds. The van der Waals surface area contributed by atoms with Crippen LogP contribution in [0, 0.1) is 0 Å². The zero-order valence-corrected chi connectivity index (χ0v) is 19.7. The predicted octanol–water partition coefficient (Wildman–Crippen LogP) is 3.27. The average Bonchev–Trinajstić information content (AvgIpc) is 2.86. The molecule has 0 atom stereocenters. The fourth-order valence-electron chi connectivity index (χ4n) is 4.24.